The van der Waals surface area contributed by atoms with Crippen molar-refractivity contribution in [1.82, 2.24) is 0 Å². The van der Waals surface area contributed by atoms with Crippen LogP contribution in [0.25, 0.3) is 0 Å². The number of rotatable bonds is 6. The SMILES string of the molecule is CCC(C)[C@H](O)[C@H](N)c1ccc(OC(C)C)cc1. The summed E-state index contributed by atoms with van der Waals surface area (Å²) in [4.78, 5) is 0. The maximum atomic E-state index is 10.1. The molecule has 0 fully saturated rings. The Balaban J connectivity index is 2.72. The molecule has 18 heavy (non-hydrogen) atoms. The fourth-order valence-electron chi connectivity index (χ4n) is 1.83. The van der Waals surface area contributed by atoms with Crippen molar-refractivity contribution in [2.45, 2.75) is 52.4 Å². The van der Waals surface area contributed by atoms with Crippen molar-refractivity contribution >= 4 is 0 Å². The van der Waals surface area contributed by atoms with E-state index in [4.69, 9.17) is 10.5 Å². The molecule has 0 aliphatic rings. The van der Waals surface area contributed by atoms with Gasteiger partial charge in [0.1, 0.15) is 5.75 Å². The molecule has 3 heteroatoms. The first-order valence-corrected chi connectivity index (χ1v) is 6.66. The average Bonchev–Trinajstić information content (AvgIpc) is 2.36. The summed E-state index contributed by atoms with van der Waals surface area (Å²) in [5.74, 6) is 1.03. The Morgan fingerprint density at radius 2 is 1.72 bits per heavy atom. The zero-order valence-electron chi connectivity index (χ0n) is 11.8. The molecule has 0 saturated carbocycles. The first-order valence-electron chi connectivity index (χ1n) is 6.66. The Morgan fingerprint density at radius 1 is 1.17 bits per heavy atom. The minimum absolute atomic E-state index is 0.162. The molecule has 0 aliphatic carbocycles. The van der Waals surface area contributed by atoms with Crippen LogP contribution in [0.2, 0.25) is 0 Å². The van der Waals surface area contributed by atoms with Crippen LogP contribution in [0.4, 0.5) is 0 Å². The van der Waals surface area contributed by atoms with Gasteiger partial charge in [-0.3, -0.25) is 0 Å². The maximum absolute atomic E-state index is 10.1. The number of nitrogens with two attached hydrogens (primary N) is 1. The van der Waals surface area contributed by atoms with E-state index in [1.165, 1.54) is 0 Å². The van der Waals surface area contributed by atoms with E-state index in [1.54, 1.807) is 0 Å². The number of hydrogen-bond acceptors (Lipinski definition) is 3. The van der Waals surface area contributed by atoms with Gasteiger partial charge in [-0.25, -0.2) is 0 Å². The van der Waals surface area contributed by atoms with Gasteiger partial charge in [0.2, 0.25) is 0 Å². The van der Waals surface area contributed by atoms with Gasteiger partial charge in [0.15, 0.2) is 0 Å². The molecule has 102 valence electrons. The second-order valence-electron chi connectivity index (χ2n) is 5.14. The lowest BCUT2D eigenvalue weighted by Gasteiger charge is -2.24. The number of aliphatic hydroxyl groups is 1. The van der Waals surface area contributed by atoms with Crippen molar-refractivity contribution in [2.75, 3.05) is 0 Å². The summed E-state index contributed by atoms with van der Waals surface area (Å²) in [7, 11) is 0. The van der Waals surface area contributed by atoms with Crippen LogP contribution in [0.5, 0.6) is 5.75 Å². The van der Waals surface area contributed by atoms with Crippen molar-refractivity contribution in [1.29, 1.82) is 0 Å². The summed E-state index contributed by atoms with van der Waals surface area (Å²) in [6.07, 6.45) is 0.575. The first-order chi connectivity index (χ1) is 8.45. The molecule has 1 unspecified atom stereocenters. The van der Waals surface area contributed by atoms with Crippen molar-refractivity contribution in [3.05, 3.63) is 29.8 Å². The fourth-order valence-corrected chi connectivity index (χ4v) is 1.83. The number of benzene rings is 1. The molecule has 1 aromatic carbocycles. The fraction of sp³-hybridized carbons (Fsp3) is 0.600. The molecule has 0 bridgehead atoms. The molecule has 0 radical (unpaired) electrons. The molecule has 0 spiro atoms. The van der Waals surface area contributed by atoms with Crippen LogP contribution in [0.15, 0.2) is 24.3 Å². The zero-order valence-corrected chi connectivity index (χ0v) is 11.8. The number of hydrogen-bond donors (Lipinski definition) is 2. The molecular weight excluding hydrogens is 226 g/mol. The van der Waals surface area contributed by atoms with E-state index in [2.05, 4.69) is 6.92 Å². The predicted molar refractivity (Wildman–Crippen MR) is 74.6 cm³/mol. The molecule has 3 atom stereocenters. The smallest absolute Gasteiger partial charge is 0.119 e. The van der Waals surface area contributed by atoms with E-state index in [-0.39, 0.29) is 18.1 Å². The van der Waals surface area contributed by atoms with Gasteiger partial charge in [-0.1, -0.05) is 32.4 Å². The normalized spacial score (nSPS) is 16.4. The summed E-state index contributed by atoms with van der Waals surface area (Å²) in [5.41, 5.74) is 7.02. The highest BCUT2D eigenvalue weighted by Gasteiger charge is 2.21. The molecule has 0 aliphatic heterocycles. The second kappa shape index (κ2) is 6.76. The predicted octanol–water partition coefficient (Wildman–Crippen LogP) is 2.88. The van der Waals surface area contributed by atoms with Crippen molar-refractivity contribution in [3.8, 4) is 5.75 Å². The highest BCUT2D eigenvalue weighted by molar-refractivity contribution is 5.29. The van der Waals surface area contributed by atoms with Crippen LogP contribution in [0, 0.1) is 5.92 Å². The lowest BCUT2D eigenvalue weighted by Crippen LogP contribution is -2.31. The molecule has 1 aromatic rings. The Kier molecular flexibility index (Phi) is 5.63. The van der Waals surface area contributed by atoms with Crippen LogP contribution in [-0.4, -0.2) is 17.3 Å². The third-order valence-corrected chi connectivity index (χ3v) is 3.23. The Labute approximate surface area is 110 Å². The summed E-state index contributed by atoms with van der Waals surface area (Å²) in [6, 6.07) is 7.31. The molecule has 1 rings (SSSR count). The molecule has 0 amide bonds. The molecule has 0 aromatic heterocycles. The molecule has 0 saturated heterocycles. The monoisotopic (exact) mass is 251 g/mol. The van der Waals surface area contributed by atoms with E-state index < -0.39 is 6.10 Å². The van der Waals surface area contributed by atoms with Gasteiger partial charge in [0.05, 0.1) is 18.2 Å². The third-order valence-electron chi connectivity index (χ3n) is 3.23. The Morgan fingerprint density at radius 3 is 2.17 bits per heavy atom. The summed E-state index contributed by atoms with van der Waals surface area (Å²) in [5, 5.41) is 10.1. The van der Waals surface area contributed by atoms with E-state index in [9.17, 15) is 5.11 Å². The molecule has 3 nitrogen and oxygen atoms in total. The van der Waals surface area contributed by atoms with Gasteiger partial charge >= 0.3 is 0 Å². The van der Waals surface area contributed by atoms with Crippen LogP contribution in [0.1, 0.15) is 45.7 Å². The van der Waals surface area contributed by atoms with Gasteiger partial charge in [-0.05, 0) is 37.5 Å². The lowest BCUT2D eigenvalue weighted by molar-refractivity contribution is 0.0879. The van der Waals surface area contributed by atoms with Crippen LogP contribution < -0.4 is 10.5 Å². The standard InChI is InChI=1S/C15H25NO2/c1-5-11(4)15(17)14(16)12-6-8-13(9-7-12)18-10(2)3/h6-11,14-15,17H,5,16H2,1-4H3/t11?,14-,15+/m1/s1. The number of ether oxygens (including phenoxy) is 1. The molecule has 0 heterocycles. The van der Waals surface area contributed by atoms with E-state index in [1.807, 2.05) is 45.0 Å². The van der Waals surface area contributed by atoms with Crippen molar-refractivity contribution in [2.24, 2.45) is 11.7 Å². The van der Waals surface area contributed by atoms with E-state index >= 15 is 0 Å². The van der Waals surface area contributed by atoms with E-state index in [0.29, 0.717) is 0 Å². The topological polar surface area (TPSA) is 55.5 Å². The lowest BCUT2D eigenvalue weighted by atomic mass is 9.91. The summed E-state index contributed by atoms with van der Waals surface area (Å²) in [6.45, 7) is 8.06. The van der Waals surface area contributed by atoms with Gasteiger partial charge in [-0.2, -0.15) is 0 Å². The quantitative estimate of drug-likeness (QED) is 0.817. The highest BCUT2D eigenvalue weighted by atomic mass is 16.5. The minimum Gasteiger partial charge on any atom is -0.491 e. The highest BCUT2D eigenvalue weighted by Crippen LogP contribution is 2.23. The third kappa shape index (κ3) is 4.00. The molecule has 3 N–H and O–H groups in total. The van der Waals surface area contributed by atoms with Gasteiger partial charge < -0.3 is 15.6 Å². The maximum Gasteiger partial charge on any atom is 0.119 e. The largest absolute Gasteiger partial charge is 0.491 e. The minimum atomic E-state index is -0.508. The summed E-state index contributed by atoms with van der Waals surface area (Å²) >= 11 is 0. The Hall–Kier alpha value is -1.06. The number of aliphatic hydroxyl groups excluding tert-OH is 1. The van der Waals surface area contributed by atoms with Gasteiger partial charge in [0.25, 0.3) is 0 Å². The average molecular weight is 251 g/mol. The van der Waals surface area contributed by atoms with E-state index in [0.717, 1.165) is 17.7 Å². The summed E-state index contributed by atoms with van der Waals surface area (Å²) < 4.78 is 5.57. The van der Waals surface area contributed by atoms with Gasteiger partial charge in [-0.15, -0.1) is 0 Å². The van der Waals surface area contributed by atoms with Crippen molar-refractivity contribution < 1.29 is 9.84 Å². The molecular formula is C15H25NO2. The van der Waals surface area contributed by atoms with Crippen LogP contribution in [-0.2, 0) is 0 Å². The van der Waals surface area contributed by atoms with Gasteiger partial charge in [0, 0.05) is 0 Å². The first kappa shape index (κ1) is 15.0. The Bertz CT molecular complexity index is 348. The van der Waals surface area contributed by atoms with Crippen LogP contribution in [0.3, 0.4) is 0 Å². The van der Waals surface area contributed by atoms with Crippen LogP contribution >= 0.6 is 0 Å². The zero-order chi connectivity index (χ0) is 13.7. The second-order valence-corrected chi connectivity index (χ2v) is 5.14. The van der Waals surface area contributed by atoms with Crippen molar-refractivity contribution in [3.63, 3.8) is 0 Å².